The molecule has 2 aromatic rings. The van der Waals surface area contributed by atoms with Crippen LogP contribution in [0.5, 0.6) is 0 Å². The lowest BCUT2D eigenvalue weighted by molar-refractivity contribution is 0.122. The van der Waals surface area contributed by atoms with Crippen molar-refractivity contribution in [3.05, 3.63) is 107 Å². The molecule has 42 heavy (non-hydrogen) atoms. The van der Waals surface area contributed by atoms with E-state index in [1.807, 2.05) is 0 Å². The maximum Gasteiger partial charge on any atom is 0.0681 e. The second-order valence-electron chi connectivity index (χ2n) is 14.8. The van der Waals surface area contributed by atoms with Crippen LogP contribution in [0.15, 0.2) is 95.4 Å². The van der Waals surface area contributed by atoms with Crippen molar-refractivity contribution in [3.63, 3.8) is 0 Å². The molecule has 0 radical (unpaired) electrons. The SMILES string of the molecule is CC=C1CN2CC[C@]34c5ccccc5N5/C=C6/[C@H]7C[C@@H]8N(CC[C@@]89c8ccccc8N(/C=C(\[C@H]53)[C@H]1C[C@H]24)[C@@H]69)C/C7=C/C. The van der Waals surface area contributed by atoms with Crippen molar-refractivity contribution in [1.82, 2.24) is 9.80 Å². The van der Waals surface area contributed by atoms with Crippen LogP contribution in [0.1, 0.15) is 50.7 Å². The molecule has 2 aromatic carbocycles. The Labute approximate surface area is 249 Å². The van der Waals surface area contributed by atoms with Crippen LogP contribution in [0.25, 0.3) is 0 Å². The fourth-order valence-electron chi connectivity index (χ4n) is 12.5. The summed E-state index contributed by atoms with van der Waals surface area (Å²) in [6, 6.07) is 21.2. The smallest absolute Gasteiger partial charge is 0.0681 e. The highest BCUT2D eigenvalue weighted by Crippen LogP contribution is 2.67. The molecule has 2 spiro atoms. The van der Waals surface area contributed by atoms with E-state index < -0.39 is 0 Å². The lowest BCUT2D eigenvalue weighted by Crippen LogP contribution is -2.63. The summed E-state index contributed by atoms with van der Waals surface area (Å²) in [7, 11) is 0. The predicted molar refractivity (Wildman–Crippen MR) is 169 cm³/mol. The van der Waals surface area contributed by atoms with Gasteiger partial charge in [0, 0.05) is 71.6 Å². The molecule has 9 aliphatic rings. The van der Waals surface area contributed by atoms with E-state index in [0.29, 0.717) is 36.0 Å². The molecule has 8 atom stereocenters. The van der Waals surface area contributed by atoms with Crippen molar-refractivity contribution in [3.8, 4) is 0 Å². The molecule has 2 saturated carbocycles. The first-order valence-electron chi connectivity index (χ1n) is 16.7. The summed E-state index contributed by atoms with van der Waals surface area (Å²) in [4.78, 5) is 11.4. The number of anilines is 2. The highest BCUT2D eigenvalue weighted by molar-refractivity contribution is 5.77. The monoisotopic (exact) mass is 552 g/mol. The number of para-hydroxylation sites is 2. The topological polar surface area (TPSA) is 13.0 Å². The van der Waals surface area contributed by atoms with Crippen LogP contribution < -0.4 is 9.80 Å². The number of benzene rings is 2. The molecular formula is C38H40N4. The quantitative estimate of drug-likeness (QED) is 0.365. The van der Waals surface area contributed by atoms with Gasteiger partial charge in [-0.2, -0.15) is 0 Å². The molecule has 4 saturated heterocycles. The third kappa shape index (κ3) is 2.33. The van der Waals surface area contributed by atoms with Crippen molar-refractivity contribution in [2.24, 2.45) is 11.8 Å². The molecule has 212 valence electrons. The fraction of sp³-hybridized carbons (Fsp3) is 0.474. The molecule has 0 N–H and O–H groups in total. The third-order valence-electron chi connectivity index (χ3n) is 13.9. The van der Waals surface area contributed by atoms with Crippen molar-refractivity contribution in [2.75, 3.05) is 36.0 Å². The van der Waals surface area contributed by atoms with Crippen molar-refractivity contribution in [2.45, 2.75) is 74.5 Å². The van der Waals surface area contributed by atoms with E-state index in [-0.39, 0.29) is 10.8 Å². The molecule has 4 nitrogen and oxygen atoms in total. The summed E-state index contributed by atoms with van der Waals surface area (Å²) in [5.41, 5.74) is 13.3. The normalized spacial score (nSPS) is 46.0. The van der Waals surface area contributed by atoms with Gasteiger partial charge in [-0.05, 0) is 87.0 Å². The average molecular weight is 553 g/mol. The van der Waals surface area contributed by atoms with Crippen LogP contribution in [0.2, 0.25) is 0 Å². The van der Waals surface area contributed by atoms with Gasteiger partial charge in [0.05, 0.1) is 12.1 Å². The van der Waals surface area contributed by atoms with Crippen LogP contribution in [-0.4, -0.2) is 60.1 Å². The van der Waals surface area contributed by atoms with Crippen LogP contribution in [0.4, 0.5) is 11.4 Å². The number of hydrogen-bond acceptors (Lipinski definition) is 4. The Morgan fingerprint density at radius 2 is 1.10 bits per heavy atom. The van der Waals surface area contributed by atoms with Gasteiger partial charge in [-0.1, -0.05) is 59.7 Å². The number of piperidine rings is 2. The van der Waals surface area contributed by atoms with E-state index in [0.717, 1.165) is 13.1 Å². The molecule has 0 amide bonds. The second kappa shape index (κ2) is 7.52. The van der Waals surface area contributed by atoms with Gasteiger partial charge in [-0.15, -0.1) is 0 Å². The van der Waals surface area contributed by atoms with E-state index in [9.17, 15) is 0 Å². The maximum absolute atomic E-state index is 2.86. The Hall–Kier alpha value is -3.08. The van der Waals surface area contributed by atoms with Crippen LogP contribution >= 0.6 is 0 Å². The first-order chi connectivity index (χ1) is 20.7. The van der Waals surface area contributed by atoms with E-state index in [1.165, 1.54) is 50.1 Å². The molecule has 0 aromatic heterocycles. The number of hydrogen-bond donors (Lipinski definition) is 0. The van der Waals surface area contributed by atoms with Gasteiger partial charge < -0.3 is 9.80 Å². The van der Waals surface area contributed by atoms with Gasteiger partial charge in [0.2, 0.25) is 0 Å². The molecule has 6 fully saturated rings. The molecule has 0 unspecified atom stereocenters. The molecule has 7 heterocycles. The third-order valence-corrected chi connectivity index (χ3v) is 13.9. The summed E-state index contributed by atoms with van der Waals surface area (Å²) >= 11 is 0. The van der Waals surface area contributed by atoms with Gasteiger partial charge in [0.25, 0.3) is 0 Å². The first kappa shape index (κ1) is 23.4. The van der Waals surface area contributed by atoms with Crippen molar-refractivity contribution in [1.29, 1.82) is 0 Å². The van der Waals surface area contributed by atoms with Crippen molar-refractivity contribution < 1.29 is 0 Å². The minimum atomic E-state index is 0.177. The Morgan fingerprint density at radius 1 is 0.643 bits per heavy atom. The predicted octanol–water partition coefficient (Wildman–Crippen LogP) is 6.13. The number of nitrogens with zero attached hydrogens (tertiary/aromatic N) is 4. The number of allylic oxidation sites excluding steroid dienone is 2. The standard InChI is InChI=1S/C38H40N4/c1-3-23-19-39-15-13-37-29-9-5-8-12-32(29)42-22-28-26-18-34-38(14-16-40(34)20-24(26)4-2)30-10-6-7-11-31(30)41(36(28)38)21-27(35(37)42)25(23)17-33(37)39/h3-12,21-22,25-26,33-36H,13-20H2,1-2H3/b23-3-,24-4?,27-21-,28-22-/t25-,26-,33-,34-,35-,36-,37+,38+/m0/s1. The molecule has 4 heteroatoms. The molecule has 2 aliphatic carbocycles. The van der Waals surface area contributed by atoms with Gasteiger partial charge in [0.15, 0.2) is 0 Å². The molecule has 11 rings (SSSR count). The summed E-state index contributed by atoms with van der Waals surface area (Å²) in [5.74, 6) is 1.08. The number of fused-ring (bicyclic) bond motifs is 8. The van der Waals surface area contributed by atoms with Gasteiger partial charge in [0.1, 0.15) is 0 Å². The zero-order valence-corrected chi connectivity index (χ0v) is 24.8. The lowest BCUT2D eigenvalue weighted by Gasteiger charge is -2.57. The summed E-state index contributed by atoms with van der Waals surface area (Å²) in [6.45, 7) is 9.33. The largest absolute Gasteiger partial charge is 0.339 e. The van der Waals surface area contributed by atoms with E-state index in [4.69, 9.17) is 0 Å². The van der Waals surface area contributed by atoms with Crippen LogP contribution in [-0.2, 0) is 10.8 Å². The minimum Gasteiger partial charge on any atom is -0.339 e. The second-order valence-corrected chi connectivity index (χ2v) is 14.8. The zero-order chi connectivity index (χ0) is 27.5. The fourth-order valence-corrected chi connectivity index (χ4v) is 12.5. The molecule has 7 aliphatic heterocycles. The van der Waals surface area contributed by atoms with E-state index in [2.05, 4.69) is 107 Å². The van der Waals surface area contributed by atoms with Crippen molar-refractivity contribution >= 4 is 11.4 Å². The Morgan fingerprint density at radius 3 is 1.55 bits per heavy atom. The average Bonchev–Trinajstić information content (AvgIpc) is 3.75. The Balaban J connectivity index is 1.25. The molecular weight excluding hydrogens is 512 g/mol. The Kier molecular flexibility index (Phi) is 4.19. The Bertz CT molecular complexity index is 1590. The highest BCUT2D eigenvalue weighted by Gasteiger charge is 2.69. The van der Waals surface area contributed by atoms with Gasteiger partial charge >= 0.3 is 0 Å². The van der Waals surface area contributed by atoms with Gasteiger partial charge in [-0.3, -0.25) is 9.80 Å². The van der Waals surface area contributed by atoms with Gasteiger partial charge in [-0.25, -0.2) is 0 Å². The zero-order valence-electron chi connectivity index (χ0n) is 24.8. The highest BCUT2D eigenvalue weighted by atomic mass is 15.3. The van der Waals surface area contributed by atoms with Crippen LogP contribution in [0, 0.1) is 11.8 Å². The van der Waals surface area contributed by atoms with E-state index >= 15 is 0 Å². The lowest BCUT2D eigenvalue weighted by atomic mass is 9.56. The maximum atomic E-state index is 2.86. The minimum absolute atomic E-state index is 0.177. The van der Waals surface area contributed by atoms with Crippen LogP contribution in [0.3, 0.4) is 0 Å². The molecule has 4 bridgehead atoms. The summed E-state index contributed by atoms with van der Waals surface area (Å²) < 4.78 is 0. The summed E-state index contributed by atoms with van der Waals surface area (Å²) in [6.07, 6.45) is 15.5. The van der Waals surface area contributed by atoms with E-state index in [1.54, 1.807) is 33.4 Å². The summed E-state index contributed by atoms with van der Waals surface area (Å²) in [5, 5.41) is 0. The first-order valence-corrected chi connectivity index (χ1v) is 16.7. The number of rotatable bonds is 0.